The molecular weight excluding hydrogens is 120 g/mol. The zero-order chi connectivity index (χ0) is 6.97. The molecule has 2 aliphatic carbocycles. The van der Waals surface area contributed by atoms with Gasteiger partial charge in [-0.1, -0.05) is 6.92 Å². The molecule has 2 aliphatic rings. The van der Waals surface area contributed by atoms with Crippen molar-refractivity contribution < 1.29 is 0 Å². The lowest BCUT2D eigenvalue weighted by Gasteiger charge is -1.96. The molecule has 1 fully saturated rings. The average molecular weight is 134 g/mol. The van der Waals surface area contributed by atoms with Crippen molar-refractivity contribution in [3.05, 3.63) is 0 Å². The molecule has 0 aromatic heterocycles. The molecule has 0 aliphatic heterocycles. The summed E-state index contributed by atoms with van der Waals surface area (Å²) in [5.41, 5.74) is 0. The summed E-state index contributed by atoms with van der Waals surface area (Å²) in [6.45, 7) is 2.39. The summed E-state index contributed by atoms with van der Waals surface area (Å²) in [5, 5.41) is 0. The number of hydrogen-bond donors (Lipinski definition) is 0. The zero-order valence-corrected chi connectivity index (χ0v) is 6.56. The third-order valence-corrected chi connectivity index (χ3v) is 3.09. The highest BCUT2D eigenvalue weighted by Crippen LogP contribution is 2.51. The van der Waals surface area contributed by atoms with Gasteiger partial charge >= 0.3 is 0 Å². The Morgan fingerprint density at radius 1 is 1.00 bits per heavy atom. The van der Waals surface area contributed by atoms with Crippen LogP contribution in [0, 0.1) is 29.6 Å². The van der Waals surface area contributed by atoms with Crippen LogP contribution in [0.5, 0.6) is 0 Å². The second kappa shape index (κ2) is 2.31. The van der Waals surface area contributed by atoms with Crippen molar-refractivity contribution in [3.63, 3.8) is 0 Å². The van der Waals surface area contributed by atoms with Crippen molar-refractivity contribution in [1.29, 1.82) is 0 Å². The first kappa shape index (κ1) is 6.28. The van der Waals surface area contributed by atoms with E-state index in [2.05, 4.69) is 18.8 Å². The molecule has 0 spiro atoms. The smallest absolute Gasteiger partial charge is 0.00915 e. The Hall–Kier alpha value is -0.440. The number of fused-ring (bicyclic) bond motifs is 1. The van der Waals surface area contributed by atoms with Gasteiger partial charge in [0.25, 0.3) is 0 Å². The lowest BCUT2D eigenvalue weighted by Crippen LogP contribution is -1.85. The molecule has 2 rings (SSSR count). The molecule has 1 unspecified atom stereocenters. The van der Waals surface area contributed by atoms with E-state index < -0.39 is 0 Å². The van der Waals surface area contributed by atoms with Gasteiger partial charge in [0.15, 0.2) is 0 Å². The molecule has 0 amide bonds. The van der Waals surface area contributed by atoms with Gasteiger partial charge in [-0.2, -0.15) is 0 Å². The van der Waals surface area contributed by atoms with E-state index in [0.717, 1.165) is 30.6 Å². The van der Waals surface area contributed by atoms with Crippen LogP contribution < -0.4 is 0 Å². The van der Waals surface area contributed by atoms with Crippen LogP contribution in [-0.2, 0) is 0 Å². The third kappa shape index (κ3) is 0.944. The summed E-state index contributed by atoms with van der Waals surface area (Å²) in [4.78, 5) is 0. The van der Waals surface area contributed by atoms with Crippen molar-refractivity contribution in [2.24, 2.45) is 17.8 Å². The quantitative estimate of drug-likeness (QED) is 0.446. The highest BCUT2D eigenvalue weighted by Gasteiger charge is 2.44. The number of rotatable bonds is 0. The van der Waals surface area contributed by atoms with Gasteiger partial charge in [-0.25, -0.2) is 0 Å². The predicted molar refractivity (Wildman–Crippen MR) is 42.4 cm³/mol. The Kier molecular flexibility index (Phi) is 1.45. The van der Waals surface area contributed by atoms with E-state index in [9.17, 15) is 0 Å². The molecule has 0 aromatic carbocycles. The molecule has 0 radical (unpaired) electrons. The van der Waals surface area contributed by atoms with Crippen molar-refractivity contribution >= 4 is 0 Å². The van der Waals surface area contributed by atoms with Gasteiger partial charge in [0.2, 0.25) is 0 Å². The Balaban J connectivity index is 1.97. The Bertz CT molecular complexity index is 164. The first-order chi connectivity index (χ1) is 4.89. The Labute approximate surface area is 63.0 Å². The second-order valence-electron chi connectivity index (χ2n) is 3.62. The van der Waals surface area contributed by atoms with Crippen LogP contribution in [0.4, 0.5) is 0 Å². The first-order valence-corrected chi connectivity index (χ1v) is 4.35. The van der Waals surface area contributed by atoms with Crippen LogP contribution in [0.25, 0.3) is 0 Å². The van der Waals surface area contributed by atoms with E-state index in [1.165, 1.54) is 12.8 Å². The lowest BCUT2D eigenvalue weighted by atomic mass is 10.1. The number of hydrogen-bond acceptors (Lipinski definition) is 0. The molecule has 0 N–H and O–H groups in total. The molecule has 1 saturated carbocycles. The summed E-state index contributed by atoms with van der Waals surface area (Å²) >= 11 is 0. The van der Waals surface area contributed by atoms with Gasteiger partial charge in [0.05, 0.1) is 0 Å². The van der Waals surface area contributed by atoms with Crippen LogP contribution in [0.15, 0.2) is 0 Å². The second-order valence-corrected chi connectivity index (χ2v) is 3.62. The van der Waals surface area contributed by atoms with E-state index >= 15 is 0 Å². The summed E-state index contributed by atoms with van der Waals surface area (Å²) in [6.07, 6.45) is 5.06. The van der Waals surface area contributed by atoms with Crippen LogP contribution in [-0.4, -0.2) is 0 Å². The zero-order valence-electron chi connectivity index (χ0n) is 6.56. The molecule has 0 heteroatoms. The molecular formula is C10H14. The fourth-order valence-corrected chi connectivity index (χ4v) is 2.25. The minimum atomic E-state index is 1.02. The van der Waals surface area contributed by atoms with Crippen molar-refractivity contribution in [2.75, 3.05) is 0 Å². The standard InChI is InChI=1S/C10H14/c1-8-9-6-4-2-3-5-7-10(8)9/h8-10H,4-7H2,1H3/t8?,9-,10+. The summed E-state index contributed by atoms with van der Waals surface area (Å²) in [6, 6.07) is 0. The van der Waals surface area contributed by atoms with E-state index in [1.807, 2.05) is 0 Å². The maximum Gasteiger partial charge on any atom is 0.00915 e. The van der Waals surface area contributed by atoms with Crippen LogP contribution >= 0.6 is 0 Å². The maximum absolute atomic E-state index is 3.21. The van der Waals surface area contributed by atoms with E-state index in [1.54, 1.807) is 0 Å². The highest BCUT2D eigenvalue weighted by atomic mass is 14.5. The van der Waals surface area contributed by atoms with Gasteiger partial charge < -0.3 is 0 Å². The van der Waals surface area contributed by atoms with Crippen molar-refractivity contribution in [2.45, 2.75) is 32.6 Å². The highest BCUT2D eigenvalue weighted by molar-refractivity contribution is 5.06. The van der Waals surface area contributed by atoms with E-state index in [4.69, 9.17) is 0 Å². The minimum Gasteiger partial charge on any atom is -0.103 e. The van der Waals surface area contributed by atoms with Gasteiger partial charge in [-0.15, -0.1) is 11.8 Å². The topological polar surface area (TPSA) is 0 Å². The summed E-state index contributed by atoms with van der Waals surface area (Å²) in [7, 11) is 0. The summed E-state index contributed by atoms with van der Waals surface area (Å²) in [5.74, 6) is 9.55. The Morgan fingerprint density at radius 3 is 2.00 bits per heavy atom. The van der Waals surface area contributed by atoms with E-state index in [-0.39, 0.29) is 0 Å². The molecule has 54 valence electrons. The molecule has 3 atom stereocenters. The molecule has 10 heavy (non-hydrogen) atoms. The molecule has 0 bridgehead atoms. The molecule has 0 heterocycles. The predicted octanol–water partition coefficient (Wildman–Crippen LogP) is 2.45. The average Bonchev–Trinajstić information content (AvgIpc) is 2.39. The van der Waals surface area contributed by atoms with Crippen LogP contribution in [0.2, 0.25) is 0 Å². The van der Waals surface area contributed by atoms with Crippen LogP contribution in [0.1, 0.15) is 32.6 Å². The minimum absolute atomic E-state index is 1.02. The van der Waals surface area contributed by atoms with Crippen LogP contribution in [0.3, 0.4) is 0 Å². The normalized spacial score (nSPS) is 43.9. The molecule has 0 nitrogen and oxygen atoms in total. The fraction of sp³-hybridized carbons (Fsp3) is 0.800. The summed E-state index contributed by atoms with van der Waals surface area (Å²) < 4.78 is 0. The van der Waals surface area contributed by atoms with Crippen molar-refractivity contribution in [1.82, 2.24) is 0 Å². The third-order valence-electron chi connectivity index (χ3n) is 3.09. The Morgan fingerprint density at radius 2 is 1.50 bits per heavy atom. The first-order valence-electron chi connectivity index (χ1n) is 4.35. The molecule has 0 saturated heterocycles. The van der Waals surface area contributed by atoms with Gasteiger partial charge in [0.1, 0.15) is 0 Å². The lowest BCUT2D eigenvalue weighted by molar-refractivity contribution is 0.618. The van der Waals surface area contributed by atoms with Gasteiger partial charge in [-0.3, -0.25) is 0 Å². The SMILES string of the molecule is CC1[C@H]2CCC#CCC[C@@H]12. The fourth-order valence-electron chi connectivity index (χ4n) is 2.25. The molecule has 0 aromatic rings. The van der Waals surface area contributed by atoms with Crippen molar-refractivity contribution in [3.8, 4) is 11.8 Å². The largest absolute Gasteiger partial charge is 0.103 e. The monoisotopic (exact) mass is 134 g/mol. The van der Waals surface area contributed by atoms with E-state index in [0.29, 0.717) is 0 Å². The van der Waals surface area contributed by atoms with Gasteiger partial charge in [0, 0.05) is 12.8 Å². The van der Waals surface area contributed by atoms with Gasteiger partial charge in [-0.05, 0) is 30.6 Å². The maximum atomic E-state index is 3.21.